The highest BCUT2D eigenvalue weighted by molar-refractivity contribution is 7.99. The van der Waals surface area contributed by atoms with Crippen LogP contribution in [0.1, 0.15) is 6.42 Å². The zero-order valence-electron chi connectivity index (χ0n) is 12.3. The first-order valence-electron chi connectivity index (χ1n) is 6.26. The monoisotopic (exact) mass is 378 g/mol. The van der Waals surface area contributed by atoms with Gasteiger partial charge in [-0.1, -0.05) is 11.6 Å². The minimum Gasteiger partial charge on any atom is -0.469 e. The molecule has 22 heavy (non-hydrogen) atoms. The minimum absolute atomic E-state index is 0.246. The molecule has 9 heteroatoms. The van der Waals surface area contributed by atoms with Crippen molar-refractivity contribution in [3.63, 3.8) is 0 Å². The second-order valence-corrected chi connectivity index (χ2v) is 9.54. The number of fused-ring (bicyclic) bond motifs is 1. The Labute approximate surface area is 142 Å². The summed E-state index contributed by atoms with van der Waals surface area (Å²) in [6, 6.07) is 3.74. The molecule has 2 rings (SSSR count). The standard InChI is InChI=1S/C13H15ClN2O3S3/c1-19-10(17)6-7-20-9-5-4-8-12(11(9)14)21-15-13(8)16-22(2,3)18/h4-5H,6-7H2,1-3H3. The zero-order chi connectivity index (χ0) is 16.3. The van der Waals surface area contributed by atoms with Crippen molar-refractivity contribution in [1.29, 1.82) is 0 Å². The molecule has 0 aliphatic carbocycles. The maximum Gasteiger partial charge on any atom is 0.306 e. The van der Waals surface area contributed by atoms with Gasteiger partial charge < -0.3 is 4.74 Å². The van der Waals surface area contributed by atoms with Crippen LogP contribution in [-0.4, -0.2) is 39.9 Å². The first-order chi connectivity index (χ1) is 10.3. The highest BCUT2D eigenvalue weighted by Gasteiger charge is 2.13. The van der Waals surface area contributed by atoms with Gasteiger partial charge in [0.1, 0.15) is 0 Å². The van der Waals surface area contributed by atoms with E-state index < -0.39 is 9.73 Å². The lowest BCUT2D eigenvalue weighted by molar-refractivity contribution is -0.140. The van der Waals surface area contributed by atoms with E-state index in [1.54, 1.807) is 12.5 Å². The number of carbonyl (C=O) groups excluding carboxylic acids is 1. The number of hydrogen-bond donors (Lipinski definition) is 0. The number of thioether (sulfide) groups is 1. The van der Waals surface area contributed by atoms with Gasteiger partial charge in [-0.2, -0.15) is 8.74 Å². The summed E-state index contributed by atoms with van der Waals surface area (Å²) in [5, 5.41) is 1.38. The van der Waals surface area contributed by atoms with Gasteiger partial charge in [0, 0.05) is 38.3 Å². The number of aromatic nitrogens is 1. The van der Waals surface area contributed by atoms with Crippen LogP contribution in [0.5, 0.6) is 0 Å². The van der Waals surface area contributed by atoms with Gasteiger partial charge in [0.05, 0.1) is 23.3 Å². The molecule has 1 heterocycles. The lowest BCUT2D eigenvalue weighted by atomic mass is 10.2. The fourth-order valence-corrected chi connectivity index (χ4v) is 4.42. The number of ether oxygens (including phenoxy) is 1. The second-order valence-electron chi connectivity index (χ2n) is 4.71. The molecule has 0 bridgehead atoms. The van der Waals surface area contributed by atoms with Crippen molar-refractivity contribution in [2.75, 3.05) is 25.4 Å². The van der Waals surface area contributed by atoms with Gasteiger partial charge >= 0.3 is 5.97 Å². The van der Waals surface area contributed by atoms with Gasteiger partial charge in [0.2, 0.25) is 0 Å². The van der Waals surface area contributed by atoms with E-state index in [1.807, 2.05) is 12.1 Å². The molecule has 0 fully saturated rings. The summed E-state index contributed by atoms with van der Waals surface area (Å²) in [5.74, 6) is 0.804. The first kappa shape index (κ1) is 17.5. The van der Waals surface area contributed by atoms with Crippen LogP contribution in [0.4, 0.5) is 5.82 Å². The van der Waals surface area contributed by atoms with Crippen molar-refractivity contribution in [1.82, 2.24) is 4.37 Å². The predicted molar refractivity (Wildman–Crippen MR) is 94.1 cm³/mol. The van der Waals surface area contributed by atoms with Crippen LogP contribution in [0.15, 0.2) is 21.4 Å². The summed E-state index contributed by atoms with van der Waals surface area (Å²) in [6.45, 7) is 0. The number of hydrogen-bond acceptors (Lipinski definition) is 7. The Hall–Kier alpha value is -0.830. The summed E-state index contributed by atoms with van der Waals surface area (Å²) in [6.07, 6.45) is 3.46. The average molecular weight is 379 g/mol. The number of rotatable bonds is 5. The molecule has 0 N–H and O–H groups in total. The molecule has 0 saturated heterocycles. The van der Waals surface area contributed by atoms with Crippen molar-refractivity contribution in [2.24, 2.45) is 4.36 Å². The molecule has 1 aromatic carbocycles. The van der Waals surface area contributed by atoms with Crippen LogP contribution in [0.2, 0.25) is 5.02 Å². The second kappa shape index (κ2) is 7.16. The third kappa shape index (κ3) is 4.34. The van der Waals surface area contributed by atoms with Crippen LogP contribution >= 0.6 is 34.9 Å². The third-order valence-electron chi connectivity index (χ3n) is 2.62. The number of carbonyl (C=O) groups is 1. The molecule has 0 saturated carbocycles. The molecule has 1 aromatic heterocycles. The third-order valence-corrected chi connectivity index (χ3v) is 5.78. The number of esters is 1. The van der Waals surface area contributed by atoms with Crippen LogP contribution in [0.3, 0.4) is 0 Å². The van der Waals surface area contributed by atoms with Crippen molar-refractivity contribution in [2.45, 2.75) is 11.3 Å². The van der Waals surface area contributed by atoms with E-state index in [-0.39, 0.29) is 5.97 Å². The average Bonchev–Trinajstić information content (AvgIpc) is 2.83. The Morgan fingerprint density at radius 1 is 1.50 bits per heavy atom. The Kier molecular flexibility index (Phi) is 5.70. The lowest BCUT2D eigenvalue weighted by Crippen LogP contribution is -2.00. The molecule has 0 spiro atoms. The minimum atomic E-state index is -2.27. The van der Waals surface area contributed by atoms with E-state index in [2.05, 4.69) is 13.5 Å². The molecular weight excluding hydrogens is 364 g/mol. The molecule has 0 unspecified atom stereocenters. The molecule has 0 amide bonds. The van der Waals surface area contributed by atoms with E-state index in [1.165, 1.54) is 30.4 Å². The molecule has 0 aliphatic heterocycles. The van der Waals surface area contributed by atoms with Crippen molar-refractivity contribution < 1.29 is 13.7 Å². The maximum atomic E-state index is 11.8. The van der Waals surface area contributed by atoms with Crippen molar-refractivity contribution >= 4 is 66.5 Å². The lowest BCUT2D eigenvalue weighted by Gasteiger charge is -2.04. The largest absolute Gasteiger partial charge is 0.469 e. The quantitative estimate of drug-likeness (QED) is 0.581. The number of methoxy groups -OCH3 is 1. The van der Waals surface area contributed by atoms with Gasteiger partial charge in [-0.05, 0) is 23.7 Å². The number of halogens is 1. The molecule has 120 valence electrons. The van der Waals surface area contributed by atoms with Gasteiger partial charge in [0.15, 0.2) is 5.82 Å². The van der Waals surface area contributed by atoms with E-state index in [0.29, 0.717) is 23.0 Å². The summed E-state index contributed by atoms with van der Waals surface area (Å²) in [5.41, 5.74) is 0. The predicted octanol–water partition coefficient (Wildman–Crippen LogP) is 3.96. The number of nitrogens with zero attached hydrogens (tertiary/aromatic N) is 2. The zero-order valence-corrected chi connectivity index (χ0v) is 15.5. The smallest absolute Gasteiger partial charge is 0.306 e. The van der Waals surface area contributed by atoms with E-state index in [4.69, 9.17) is 11.6 Å². The molecule has 0 aliphatic rings. The van der Waals surface area contributed by atoms with E-state index in [0.717, 1.165) is 15.0 Å². The highest BCUT2D eigenvalue weighted by Crippen LogP contribution is 2.40. The summed E-state index contributed by atoms with van der Waals surface area (Å²) in [4.78, 5) is 12.0. The fraction of sp³-hybridized carbons (Fsp3) is 0.385. The van der Waals surface area contributed by atoms with Gasteiger partial charge in [0.25, 0.3) is 0 Å². The van der Waals surface area contributed by atoms with E-state index in [9.17, 15) is 9.00 Å². The number of benzene rings is 1. The van der Waals surface area contributed by atoms with Crippen LogP contribution in [-0.2, 0) is 19.3 Å². The Balaban J connectivity index is 2.28. The normalized spacial score (nSPS) is 11.6. The Bertz CT molecular complexity index is 817. The molecule has 0 radical (unpaired) electrons. The van der Waals surface area contributed by atoms with Gasteiger partial charge in [-0.25, -0.2) is 4.21 Å². The summed E-state index contributed by atoms with van der Waals surface area (Å²) < 4.78 is 25.6. The van der Waals surface area contributed by atoms with Crippen molar-refractivity contribution in [3.8, 4) is 0 Å². The summed E-state index contributed by atoms with van der Waals surface area (Å²) in [7, 11) is -0.900. The van der Waals surface area contributed by atoms with Gasteiger partial charge in [-0.15, -0.1) is 11.8 Å². The van der Waals surface area contributed by atoms with Crippen LogP contribution in [0, 0.1) is 0 Å². The van der Waals surface area contributed by atoms with Crippen LogP contribution < -0.4 is 0 Å². The highest BCUT2D eigenvalue weighted by atomic mass is 35.5. The SMILES string of the molecule is COC(=O)CCSc1ccc2c(N=S(C)(C)=O)nsc2c1Cl. The first-order valence-corrected chi connectivity index (χ1v) is 10.7. The molecule has 0 atom stereocenters. The molecular formula is C13H15ClN2O3S3. The van der Waals surface area contributed by atoms with Crippen molar-refractivity contribution in [3.05, 3.63) is 17.2 Å². The fourth-order valence-electron chi connectivity index (χ4n) is 1.67. The summed E-state index contributed by atoms with van der Waals surface area (Å²) >= 11 is 9.12. The maximum absolute atomic E-state index is 11.8. The Morgan fingerprint density at radius 2 is 2.23 bits per heavy atom. The van der Waals surface area contributed by atoms with Crippen LogP contribution in [0.25, 0.3) is 10.1 Å². The Morgan fingerprint density at radius 3 is 2.86 bits per heavy atom. The topological polar surface area (TPSA) is 68.6 Å². The van der Waals surface area contributed by atoms with E-state index >= 15 is 0 Å². The molecule has 5 nitrogen and oxygen atoms in total. The molecule has 2 aromatic rings. The van der Waals surface area contributed by atoms with Gasteiger partial charge in [-0.3, -0.25) is 4.79 Å².